The van der Waals surface area contributed by atoms with Crippen molar-refractivity contribution in [3.63, 3.8) is 0 Å². The van der Waals surface area contributed by atoms with Gasteiger partial charge >= 0.3 is 6.18 Å². The van der Waals surface area contributed by atoms with Gasteiger partial charge in [-0.3, -0.25) is 14.5 Å². The number of rotatable bonds is 8. The third kappa shape index (κ3) is 7.64. The molecule has 1 saturated heterocycles. The predicted molar refractivity (Wildman–Crippen MR) is 162 cm³/mol. The first-order chi connectivity index (χ1) is 20.6. The molecule has 1 aliphatic heterocycles. The Morgan fingerprint density at radius 1 is 1.09 bits per heavy atom. The van der Waals surface area contributed by atoms with Crippen molar-refractivity contribution >= 4 is 46.0 Å². The first kappa shape index (κ1) is 31.2. The molecule has 0 unspecified atom stereocenters. The summed E-state index contributed by atoms with van der Waals surface area (Å²) in [6.07, 6.45) is 1.77. The number of nitrogens with zero attached hydrogens (tertiary/aromatic N) is 2. The SMILES string of the molecule is O=C(Nc1sc2c(c1C(=O)N/N=C\c1ccc(Cl)c(C(F)(F)F)c1)CCCC2)c1cccc(CN2CCC(CO)CC2)c1. The monoisotopic (exact) mass is 632 g/mol. The molecule has 3 aromatic rings. The molecule has 7 nitrogen and oxygen atoms in total. The number of aliphatic hydroxyl groups is 1. The van der Waals surface area contributed by atoms with Gasteiger partial charge in [0.05, 0.1) is 22.4 Å². The van der Waals surface area contributed by atoms with E-state index < -0.39 is 22.7 Å². The second-order valence-corrected chi connectivity index (χ2v) is 12.4. The zero-order valence-electron chi connectivity index (χ0n) is 23.3. The van der Waals surface area contributed by atoms with Crippen LogP contribution in [0.25, 0.3) is 0 Å². The summed E-state index contributed by atoms with van der Waals surface area (Å²) in [5.41, 5.74) is 4.23. The number of anilines is 1. The number of carbonyl (C=O) groups is 2. The van der Waals surface area contributed by atoms with Crippen LogP contribution in [0.2, 0.25) is 5.02 Å². The van der Waals surface area contributed by atoms with E-state index in [0.29, 0.717) is 35.0 Å². The molecule has 3 N–H and O–H groups in total. The Balaban J connectivity index is 1.30. The van der Waals surface area contributed by atoms with Crippen LogP contribution in [0.3, 0.4) is 0 Å². The van der Waals surface area contributed by atoms with Gasteiger partial charge in [0.2, 0.25) is 0 Å². The summed E-state index contributed by atoms with van der Waals surface area (Å²) in [5, 5.41) is 16.2. The number of hydrogen-bond acceptors (Lipinski definition) is 6. The van der Waals surface area contributed by atoms with Crippen LogP contribution in [-0.2, 0) is 25.6 Å². The molecule has 2 aromatic carbocycles. The Kier molecular flexibility index (Phi) is 9.85. The predicted octanol–water partition coefficient (Wildman–Crippen LogP) is 6.52. The highest BCUT2D eigenvalue weighted by Crippen LogP contribution is 2.38. The van der Waals surface area contributed by atoms with Crippen LogP contribution < -0.4 is 10.7 Å². The van der Waals surface area contributed by atoms with Crippen LogP contribution in [0.4, 0.5) is 18.2 Å². The van der Waals surface area contributed by atoms with Gasteiger partial charge in [-0.2, -0.15) is 18.3 Å². The number of halogens is 4. The third-order valence-electron chi connectivity index (χ3n) is 7.86. The van der Waals surface area contributed by atoms with Gasteiger partial charge in [0.1, 0.15) is 5.00 Å². The van der Waals surface area contributed by atoms with E-state index in [2.05, 4.69) is 20.7 Å². The standard InChI is InChI=1S/C31H32ClF3N4O3S/c32-25-9-8-20(15-24(25)31(33,34)35)16-36-38-29(42)27-23-6-1-2-7-26(23)43-30(27)37-28(41)22-5-3-4-21(14-22)17-39-12-10-19(18-40)11-13-39/h3-5,8-9,14-16,19,40H,1-2,6-7,10-13,17-18H2,(H,37,41)(H,38,42)/b36-16-. The van der Waals surface area contributed by atoms with Gasteiger partial charge in [0, 0.05) is 23.6 Å². The van der Waals surface area contributed by atoms with Crippen molar-refractivity contribution in [2.24, 2.45) is 11.0 Å². The Labute approximate surface area is 256 Å². The van der Waals surface area contributed by atoms with Crippen molar-refractivity contribution in [2.75, 3.05) is 25.0 Å². The molecule has 2 amide bonds. The third-order valence-corrected chi connectivity index (χ3v) is 9.40. The molecule has 0 bridgehead atoms. The van der Waals surface area contributed by atoms with Gasteiger partial charge in [-0.05, 0) is 98.5 Å². The number of piperidine rings is 1. The number of likely N-dealkylation sites (tertiary alicyclic amines) is 1. The number of hydrogen-bond donors (Lipinski definition) is 3. The normalized spacial score (nSPS) is 16.3. The van der Waals surface area contributed by atoms with E-state index in [0.717, 1.165) is 79.5 Å². The van der Waals surface area contributed by atoms with Gasteiger partial charge in [0.15, 0.2) is 0 Å². The number of aryl methyl sites for hydroxylation is 1. The van der Waals surface area contributed by atoms with E-state index in [1.807, 2.05) is 18.2 Å². The van der Waals surface area contributed by atoms with Crippen molar-refractivity contribution in [3.8, 4) is 0 Å². The van der Waals surface area contributed by atoms with Crippen LogP contribution >= 0.6 is 22.9 Å². The summed E-state index contributed by atoms with van der Waals surface area (Å²) in [5.74, 6) is -0.532. The van der Waals surface area contributed by atoms with Crippen LogP contribution in [-0.4, -0.2) is 47.7 Å². The fourth-order valence-electron chi connectivity index (χ4n) is 5.53. The number of nitrogens with one attached hydrogen (secondary N) is 2. The zero-order chi connectivity index (χ0) is 30.6. The maximum absolute atomic E-state index is 13.4. The minimum atomic E-state index is -4.62. The van der Waals surface area contributed by atoms with Crippen molar-refractivity contribution in [1.82, 2.24) is 10.3 Å². The van der Waals surface area contributed by atoms with Crippen LogP contribution in [0.5, 0.6) is 0 Å². The Bertz CT molecular complexity index is 1520. The number of hydrazone groups is 1. The molecule has 1 fully saturated rings. The summed E-state index contributed by atoms with van der Waals surface area (Å²) in [7, 11) is 0. The van der Waals surface area contributed by atoms with E-state index in [-0.39, 0.29) is 18.1 Å². The summed E-state index contributed by atoms with van der Waals surface area (Å²) < 4.78 is 39.6. The number of alkyl halides is 3. The fourth-order valence-corrected chi connectivity index (χ4v) is 7.03. The number of amides is 2. The minimum Gasteiger partial charge on any atom is -0.396 e. The smallest absolute Gasteiger partial charge is 0.396 e. The first-order valence-electron chi connectivity index (χ1n) is 14.2. The molecule has 1 aromatic heterocycles. The molecule has 0 atom stereocenters. The van der Waals surface area contributed by atoms with Crippen LogP contribution in [0.1, 0.15) is 73.5 Å². The van der Waals surface area contributed by atoms with Crippen molar-refractivity contribution in [1.29, 1.82) is 0 Å². The van der Waals surface area contributed by atoms with Gasteiger partial charge in [-0.1, -0.05) is 29.8 Å². The highest BCUT2D eigenvalue weighted by Gasteiger charge is 2.33. The fraction of sp³-hybridized carbons (Fsp3) is 0.387. The van der Waals surface area contributed by atoms with Crippen molar-refractivity contribution in [3.05, 3.63) is 85.7 Å². The van der Waals surface area contributed by atoms with E-state index in [4.69, 9.17) is 11.6 Å². The van der Waals surface area contributed by atoms with Gasteiger partial charge < -0.3 is 10.4 Å². The number of carbonyl (C=O) groups excluding carboxylic acids is 2. The lowest BCUT2D eigenvalue weighted by atomic mass is 9.95. The molecule has 1 aliphatic carbocycles. The second kappa shape index (κ2) is 13.6. The average Bonchev–Trinajstić information content (AvgIpc) is 3.35. The lowest BCUT2D eigenvalue weighted by molar-refractivity contribution is -0.137. The molecule has 0 saturated carbocycles. The maximum Gasteiger partial charge on any atom is 0.417 e. The average molecular weight is 633 g/mol. The molecule has 5 rings (SSSR count). The molecular weight excluding hydrogens is 601 g/mol. The highest BCUT2D eigenvalue weighted by atomic mass is 35.5. The molecule has 2 heterocycles. The number of fused-ring (bicyclic) bond motifs is 1. The number of thiophene rings is 1. The summed E-state index contributed by atoms with van der Waals surface area (Å²) >= 11 is 7.06. The molecule has 2 aliphatic rings. The molecular formula is C31H32ClF3N4O3S. The van der Waals surface area contributed by atoms with Gasteiger partial charge in [-0.25, -0.2) is 5.43 Å². The molecule has 0 radical (unpaired) electrons. The Morgan fingerprint density at radius 3 is 2.60 bits per heavy atom. The minimum absolute atomic E-state index is 0.121. The molecule has 228 valence electrons. The number of aliphatic hydroxyl groups excluding tert-OH is 1. The summed E-state index contributed by atoms with van der Waals surface area (Å²) in [4.78, 5) is 30.0. The summed E-state index contributed by atoms with van der Waals surface area (Å²) in [6.45, 7) is 2.71. The zero-order valence-corrected chi connectivity index (χ0v) is 24.9. The van der Waals surface area contributed by atoms with E-state index in [1.165, 1.54) is 17.4 Å². The lowest BCUT2D eigenvalue weighted by Crippen LogP contribution is -2.34. The lowest BCUT2D eigenvalue weighted by Gasteiger charge is -2.31. The van der Waals surface area contributed by atoms with Gasteiger partial charge in [-0.15, -0.1) is 11.3 Å². The second-order valence-electron chi connectivity index (χ2n) is 10.9. The van der Waals surface area contributed by atoms with Crippen LogP contribution in [0, 0.1) is 5.92 Å². The highest BCUT2D eigenvalue weighted by molar-refractivity contribution is 7.17. The molecule has 43 heavy (non-hydrogen) atoms. The number of benzene rings is 2. The molecule has 12 heteroatoms. The topological polar surface area (TPSA) is 94.0 Å². The van der Waals surface area contributed by atoms with Crippen LogP contribution in [0.15, 0.2) is 47.6 Å². The largest absolute Gasteiger partial charge is 0.417 e. The van der Waals surface area contributed by atoms with E-state index >= 15 is 0 Å². The summed E-state index contributed by atoms with van der Waals surface area (Å²) in [6, 6.07) is 10.8. The van der Waals surface area contributed by atoms with Crippen molar-refractivity contribution < 1.29 is 27.9 Å². The van der Waals surface area contributed by atoms with Crippen molar-refractivity contribution in [2.45, 2.75) is 51.2 Å². The maximum atomic E-state index is 13.4. The molecule has 0 spiro atoms. The quantitative estimate of drug-likeness (QED) is 0.195. The van der Waals surface area contributed by atoms with E-state index in [9.17, 15) is 27.9 Å². The van der Waals surface area contributed by atoms with E-state index in [1.54, 1.807) is 6.07 Å². The van der Waals surface area contributed by atoms with Gasteiger partial charge in [0.25, 0.3) is 11.8 Å². The first-order valence-corrected chi connectivity index (χ1v) is 15.4. The Morgan fingerprint density at radius 2 is 1.86 bits per heavy atom. The Hall–Kier alpha value is -3.25.